The normalized spacial score (nSPS) is 22.6. The molecule has 1 aromatic rings. The van der Waals surface area contributed by atoms with Crippen molar-refractivity contribution in [2.75, 3.05) is 13.1 Å². The molecule has 2 aliphatic heterocycles. The molecule has 2 amide bonds. The molecule has 0 spiro atoms. The molecule has 4 rings (SSSR count). The maximum atomic E-state index is 13.6. The first kappa shape index (κ1) is 25.5. The van der Waals surface area contributed by atoms with Gasteiger partial charge in [-0.25, -0.2) is 4.99 Å². The van der Waals surface area contributed by atoms with Crippen molar-refractivity contribution in [3.63, 3.8) is 0 Å². The number of halogens is 1. The van der Waals surface area contributed by atoms with Crippen molar-refractivity contribution in [2.24, 2.45) is 10.9 Å². The Kier molecular flexibility index (Phi) is 8.32. The Morgan fingerprint density at radius 1 is 1.14 bits per heavy atom. The van der Waals surface area contributed by atoms with Gasteiger partial charge in [0.1, 0.15) is 5.84 Å². The van der Waals surface area contributed by atoms with E-state index in [4.69, 9.17) is 16.6 Å². The molecule has 1 fully saturated rings. The average Bonchev–Trinajstić information content (AvgIpc) is 3.22. The summed E-state index contributed by atoms with van der Waals surface area (Å²) < 4.78 is 0. The second kappa shape index (κ2) is 11.4. The molecular formula is C28H37ClN4O2. The Balaban J connectivity index is 1.46. The third-order valence-corrected chi connectivity index (χ3v) is 7.39. The van der Waals surface area contributed by atoms with E-state index in [2.05, 4.69) is 24.5 Å². The van der Waals surface area contributed by atoms with E-state index in [-0.39, 0.29) is 30.2 Å². The predicted molar refractivity (Wildman–Crippen MR) is 141 cm³/mol. The zero-order valence-electron chi connectivity index (χ0n) is 20.8. The summed E-state index contributed by atoms with van der Waals surface area (Å²) in [5.41, 5.74) is 0.0330. The number of nitrogens with zero attached hydrogens (tertiary/aromatic N) is 2. The molecule has 0 bridgehead atoms. The van der Waals surface area contributed by atoms with Gasteiger partial charge >= 0.3 is 0 Å². The molecule has 188 valence electrons. The molecule has 1 aromatic carbocycles. The maximum absolute atomic E-state index is 13.6. The zero-order chi connectivity index (χ0) is 24.8. The first-order valence-electron chi connectivity index (χ1n) is 12.9. The minimum atomic E-state index is -1.12. The van der Waals surface area contributed by atoms with E-state index in [0.717, 1.165) is 43.5 Å². The summed E-state index contributed by atoms with van der Waals surface area (Å²) in [4.78, 5) is 33.6. The lowest BCUT2D eigenvalue weighted by Gasteiger charge is -2.30. The average molecular weight is 497 g/mol. The SMILES string of the molecule is CC(C)CC(CNC(=O)CC1(C(=O)NC2CCCCC2)CN2C=CC=CC2=N1)c1ccc(Cl)cc1. The molecule has 2 heterocycles. The van der Waals surface area contributed by atoms with Gasteiger partial charge < -0.3 is 15.5 Å². The summed E-state index contributed by atoms with van der Waals surface area (Å²) >= 11 is 6.08. The Labute approximate surface area is 213 Å². The summed E-state index contributed by atoms with van der Waals surface area (Å²) in [6.45, 7) is 5.25. The highest BCUT2D eigenvalue weighted by atomic mass is 35.5. The van der Waals surface area contributed by atoms with Gasteiger partial charge in [0.15, 0.2) is 5.54 Å². The van der Waals surface area contributed by atoms with Crippen LogP contribution in [0.3, 0.4) is 0 Å². The topological polar surface area (TPSA) is 73.8 Å². The monoisotopic (exact) mass is 496 g/mol. The first-order valence-corrected chi connectivity index (χ1v) is 13.3. The lowest BCUT2D eigenvalue weighted by molar-refractivity contribution is -0.132. The van der Waals surface area contributed by atoms with E-state index in [9.17, 15) is 9.59 Å². The van der Waals surface area contributed by atoms with Crippen LogP contribution in [0.5, 0.6) is 0 Å². The lowest BCUT2D eigenvalue weighted by atomic mass is 9.89. The molecule has 0 saturated heterocycles. The Hall–Kier alpha value is -2.60. The fourth-order valence-corrected chi connectivity index (χ4v) is 5.44. The number of rotatable bonds is 9. The van der Waals surface area contributed by atoms with Gasteiger partial charge in [-0.05, 0) is 55.0 Å². The lowest BCUT2D eigenvalue weighted by Crippen LogP contribution is -2.54. The molecule has 35 heavy (non-hydrogen) atoms. The number of hydrogen-bond donors (Lipinski definition) is 2. The van der Waals surface area contributed by atoms with Crippen LogP contribution in [0.1, 0.15) is 70.3 Å². The van der Waals surface area contributed by atoms with Gasteiger partial charge in [0.2, 0.25) is 5.91 Å². The summed E-state index contributed by atoms with van der Waals surface area (Å²) in [5, 5.41) is 7.04. The minimum Gasteiger partial charge on any atom is -0.355 e. The van der Waals surface area contributed by atoms with Crippen LogP contribution >= 0.6 is 11.6 Å². The number of nitrogens with one attached hydrogen (secondary N) is 2. The van der Waals surface area contributed by atoms with Crippen molar-refractivity contribution in [3.05, 3.63) is 59.3 Å². The van der Waals surface area contributed by atoms with Crippen LogP contribution in [-0.4, -0.2) is 47.2 Å². The summed E-state index contributed by atoms with van der Waals surface area (Å²) in [5.74, 6) is 1.10. The molecular weight excluding hydrogens is 460 g/mol. The number of allylic oxidation sites excluding steroid dienone is 2. The fraction of sp³-hybridized carbons (Fsp3) is 0.536. The number of benzene rings is 1. The third kappa shape index (κ3) is 6.54. The van der Waals surface area contributed by atoms with Gasteiger partial charge in [-0.2, -0.15) is 0 Å². The largest absolute Gasteiger partial charge is 0.355 e. The van der Waals surface area contributed by atoms with Crippen molar-refractivity contribution in [2.45, 2.75) is 76.3 Å². The number of carbonyl (C=O) groups excluding carboxylic acids is 2. The zero-order valence-corrected chi connectivity index (χ0v) is 21.6. The van der Waals surface area contributed by atoms with E-state index in [1.807, 2.05) is 53.6 Å². The number of hydrogen-bond acceptors (Lipinski definition) is 4. The molecule has 1 saturated carbocycles. The molecule has 3 aliphatic rings. The number of carbonyl (C=O) groups is 2. The van der Waals surface area contributed by atoms with Crippen LogP contribution in [-0.2, 0) is 9.59 Å². The van der Waals surface area contributed by atoms with Crippen LogP contribution in [0, 0.1) is 5.92 Å². The molecule has 0 aromatic heterocycles. The molecule has 2 atom stereocenters. The molecule has 0 radical (unpaired) electrons. The number of fused-ring (bicyclic) bond motifs is 1. The van der Waals surface area contributed by atoms with Crippen molar-refractivity contribution in [3.8, 4) is 0 Å². The minimum absolute atomic E-state index is 0.0300. The third-order valence-electron chi connectivity index (χ3n) is 7.14. The Morgan fingerprint density at radius 2 is 1.89 bits per heavy atom. The van der Waals surface area contributed by atoms with Crippen LogP contribution in [0.25, 0.3) is 0 Å². The number of amides is 2. The van der Waals surface area contributed by atoms with Gasteiger partial charge in [0.25, 0.3) is 5.91 Å². The molecule has 2 unspecified atom stereocenters. The van der Waals surface area contributed by atoms with E-state index >= 15 is 0 Å². The van der Waals surface area contributed by atoms with Gasteiger partial charge in [-0.15, -0.1) is 0 Å². The quantitative estimate of drug-likeness (QED) is 0.507. The number of amidine groups is 1. The van der Waals surface area contributed by atoms with Crippen molar-refractivity contribution < 1.29 is 9.59 Å². The van der Waals surface area contributed by atoms with E-state index in [1.165, 1.54) is 6.42 Å². The molecule has 1 aliphatic carbocycles. The summed E-state index contributed by atoms with van der Waals surface area (Å²) in [6, 6.07) is 8.01. The predicted octanol–water partition coefficient (Wildman–Crippen LogP) is 4.96. The van der Waals surface area contributed by atoms with E-state index < -0.39 is 5.54 Å². The van der Waals surface area contributed by atoms with E-state index in [1.54, 1.807) is 0 Å². The highest BCUT2D eigenvalue weighted by Gasteiger charge is 2.47. The summed E-state index contributed by atoms with van der Waals surface area (Å²) in [6.07, 6.45) is 14.1. The smallest absolute Gasteiger partial charge is 0.250 e. The second-order valence-electron chi connectivity index (χ2n) is 10.5. The van der Waals surface area contributed by atoms with Crippen molar-refractivity contribution in [1.82, 2.24) is 15.5 Å². The van der Waals surface area contributed by atoms with Gasteiger partial charge in [-0.3, -0.25) is 9.59 Å². The summed E-state index contributed by atoms with van der Waals surface area (Å²) in [7, 11) is 0. The van der Waals surface area contributed by atoms with E-state index in [0.29, 0.717) is 24.0 Å². The van der Waals surface area contributed by atoms with Crippen molar-refractivity contribution in [1.29, 1.82) is 0 Å². The van der Waals surface area contributed by atoms with Gasteiger partial charge in [0.05, 0.1) is 13.0 Å². The van der Waals surface area contributed by atoms with Crippen molar-refractivity contribution >= 4 is 29.3 Å². The van der Waals surface area contributed by atoms with Crippen LogP contribution in [0.2, 0.25) is 5.02 Å². The van der Waals surface area contributed by atoms with Crippen LogP contribution in [0.4, 0.5) is 0 Å². The van der Waals surface area contributed by atoms with Gasteiger partial charge in [0, 0.05) is 29.7 Å². The van der Waals surface area contributed by atoms with Crippen LogP contribution < -0.4 is 10.6 Å². The highest BCUT2D eigenvalue weighted by molar-refractivity contribution is 6.30. The number of aliphatic imine (C=N–C) groups is 1. The maximum Gasteiger partial charge on any atom is 0.250 e. The molecule has 2 N–H and O–H groups in total. The fourth-order valence-electron chi connectivity index (χ4n) is 5.31. The Morgan fingerprint density at radius 3 is 2.57 bits per heavy atom. The standard InChI is InChI=1S/C28H37ClN4O2/c1-20(2)16-22(21-11-13-23(29)14-12-21)18-30-26(34)17-28(19-33-15-7-6-10-25(33)32-28)27(35)31-24-8-4-3-5-9-24/h6-7,10-15,20,22,24H,3-5,8-9,16-19H2,1-2H3,(H,30,34)(H,31,35). The second-order valence-corrected chi connectivity index (χ2v) is 10.9. The Bertz CT molecular complexity index is 995. The highest BCUT2D eigenvalue weighted by Crippen LogP contribution is 2.30. The van der Waals surface area contributed by atoms with Crippen LogP contribution in [0.15, 0.2) is 53.7 Å². The first-order chi connectivity index (χ1) is 16.8. The molecule has 6 nitrogen and oxygen atoms in total. The van der Waals surface area contributed by atoms with Gasteiger partial charge in [-0.1, -0.05) is 62.9 Å². The molecule has 7 heteroatoms.